The first kappa shape index (κ1) is 17.9. The molecule has 0 aliphatic carbocycles. The topological polar surface area (TPSA) is 63.3 Å². The molecule has 1 amide bonds. The summed E-state index contributed by atoms with van der Waals surface area (Å²) in [5.74, 6) is -6.24. The van der Waals surface area contributed by atoms with Gasteiger partial charge in [-0.1, -0.05) is 54.6 Å². The monoisotopic (exact) mass is 345 g/mol. The number of alkyl halides is 5. The molecule has 0 saturated heterocycles. The van der Waals surface area contributed by atoms with E-state index in [1.165, 1.54) is 24.3 Å². The van der Waals surface area contributed by atoms with Gasteiger partial charge in [-0.25, -0.2) is 0 Å². The van der Waals surface area contributed by atoms with E-state index in [2.05, 4.69) is 0 Å². The standard InChI is InChI=1S/C16H12F5NO2/c17-15(18,16(19,20)21)12-8-6-11(7-9-12)14(24,13(22)23)10-4-2-1-3-5-10/h1-9,24H,(H2,22,23). The lowest BCUT2D eigenvalue weighted by atomic mass is 9.85. The van der Waals surface area contributed by atoms with Gasteiger partial charge < -0.3 is 10.8 Å². The van der Waals surface area contributed by atoms with Gasteiger partial charge in [-0.2, -0.15) is 22.0 Å². The van der Waals surface area contributed by atoms with E-state index in [-0.39, 0.29) is 11.1 Å². The van der Waals surface area contributed by atoms with Gasteiger partial charge in [-0.3, -0.25) is 4.79 Å². The molecule has 0 bridgehead atoms. The van der Waals surface area contributed by atoms with E-state index in [1.54, 1.807) is 6.07 Å². The largest absolute Gasteiger partial charge is 0.458 e. The summed E-state index contributed by atoms with van der Waals surface area (Å²) in [6.07, 6.45) is -5.76. The van der Waals surface area contributed by atoms with Gasteiger partial charge >= 0.3 is 12.1 Å². The number of amides is 1. The van der Waals surface area contributed by atoms with E-state index in [9.17, 15) is 31.9 Å². The first-order valence-corrected chi connectivity index (χ1v) is 6.64. The third kappa shape index (κ3) is 2.84. The van der Waals surface area contributed by atoms with E-state index >= 15 is 0 Å². The second kappa shape index (κ2) is 5.86. The van der Waals surface area contributed by atoms with Crippen molar-refractivity contribution in [2.24, 2.45) is 5.73 Å². The highest BCUT2D eigenvalue weighted by molar-refractivity contribution is 5.88. The van der Waals surface area contributed by atoms with E-state index in [0.717, 1.165) is 12.1 Å². The predicted molar refractivity (Wildman–Crippen MR) is 75.0 cm³/mol. The van der Waals surface area contributed by atoms with Gasteiger partial charge in [-0.05, 0) is 11.1 Å². The maximum Gasteiger partial charge on any atom is 0.458 e. The third-order valence-corrected chi connectivity index (χ3v) is 3.57. The van der Waals surface area contributed by atoms with Gasteiger partial charge in [0.25, 0.3) is 5.91 Å². The molecule has 0 aromatic heterocycles. The quantitative estimate of drug-likeness (QED) is 0.837. The Morgan fingerprint density at radius 1 is 0.792 bits per heavy atom. The van der Waals surface area contributed by atoms with Crippen LogP contribution in [-0.2, 0) is 16.3 Å². The molecule has 0 spiro atoms. The van der Waals surface area contributed by atoms with Gasteiger partial charge in [0.1, 0.15) is 0 Å². The molecule has 8 heteroatoms. The number of nitrogens with two attached hydrogens (primary N) is 1. The zero-order valence-electron chi connectivity index (χ0n) is 12.0. The summed E-state index contributed by atoms with van der Waals surface area (Å²) < 4.78 is 63.7. The molecule has 0 radical (unpaired) electrons. The summed E-state index contributed by atoms with van der Waals surface area (Å²) in [7, 11) is 0. The number of halogens is 5. The molecule has 0 heterocycles. The minimum Gasteiger partial charge on any atom is -0.372 e. The third-order valence-electron chi connectivity index (χ3n) is 3.57. The lowest BCUT2D eigenvalue weighted by Gasteiger charge is -2.26. The molecular weight excluding hydrogens is 333 g/mol. The average Bonchev–Trinajstić information content (AvgIpc) is 2.53. The number of hydrogen-bond donors (Lipinski definition) is 2. The summed E-state index contributed by atoms with van der Waals surface area (Å²) in [4.78, 5) is 11.7. The number of benzene rings is 2. The van der Waals surface area contributed by atoms with Gasteiger partial charge in [0.2, 0.25) is 0 Å². The Morgan fingerprint density at radius 2 is 1.21 bits per heavy atom. The van der Waals surface area contributed by atoms with Crippen molar-refractivity contribution in [1.82, 2.24) is 0 Å². The Labute approximate surface area is 133 Å². The highest BCUT2D eigenvalue weighted by Gasteiger charge is 2.58. The van der Waals surface area contributed by atoms with Crippen molar-refractivity contribution in [1.29, 1.82) is 0 Å². The van der Waals surface area contributed by atoms with Crippen molar-refractivity contribution >= 4 is 5.91 Å². The Kier molecular flexibility index (Phi) is 4.36. The zero-order valence-corrected chi connectivity index (χ0v) is 12.0. The van der Waals surface area contributed by atoms with E-state index < -0.39 is 29.2 Å². The fourth-order valence-corrected chi connectivity index (χ4v) is 2.21. The van der Waals surface area contributed by atoms with Crippen LogP contribution in [0.2, 0.25) is 0 Å². The maximum atomic E-state index is 13.3. The lowest BCUT2D eigenvalue weighted by Crippen LogP contribution is -2.42. The van der Waals surface area contributed by atoms with Crippen molar-refractivity contribution in [2.45, 2.75) is 17.7 Å². The van der Waals surface area contributed by atoms with E-state index in [4.69, 9.17) is 5.73 Å². The molecule has 1 atom stereocenters. The van der Waals surface area contributed by atoms with Crippen molar-refractivity contribution in [2.75, 3.05) is 0 Å². The summed E-state index contributed by atoms with van der Waals surface area (Å²) in [5, 5.41) is 10.6. The molecule has 0 aliphatic heterocycles. The number of primary amides is 1. The minimum atomic E-state index is -5.76. The molecule has 1 unspecified atom stereocenters. The lowest BCUT2D eigenvalue weighted by molar-refractivity contribution is -0.289. The van der Waals surface area contributed by atoms with Crippen LogP contribution in [0.4, 0.5) is 22.0 Å². The zero-order chi connectivity index (χ0) is 18.2. The highest BCUT2D eigenvalue weighted by Crippen LogP contribution is 2.44. The maximum absolute atomic E-state index is 13.3. The number of hydrogen-bond acceptors (Lipinski definition) is 2. The van der Waals surface area contributed by atoms with Crippen LogP contribution >= 0.6 is 0 Å². The normalized spacial score (nSPS) is 14.9. The summed E-state index contributed by atoms with van der Waals surface area (Å²) in [6.45, 7) is 0. The summed E-state index contributed by atoms with van der Waals surface area (Å²) in [6, 6.07) is 10.0. The van der Waals surface area contributed by atoms with Crippen molar-refractivity contribution in [3.05, 3.63) is 71.3 Å². The molecular formula is C16H12F5NO2. The van der Waals surface area contributed by atoms with Crippen molar-refractivity contribution in [3.63, 3.8) is 0 Å². The first-order chi connectivity index (χ1) is 11.0. The molecule has 128 valence electrons. The Morgan fingerprint density at radius 3 is 1.62 bits per heavy atom. The number of carbonyl (C=O) groups is 1. The van der Waals surface area contributed by atoms with Crippen LogP contribution in [-0.4, -0.2) is 17.2 Å². The van der Waals surface area contributed by atoms with Crippen LogP contribution in [0, 0.1) is 0 Å². The van der Waals surface area contributed by atoms with Crippen LogP contribution in [0.1, 0.15) is 16.7 Å². The SMILES string of the molecule is NC(=O)C(O)(c1ccccc1)c1ccc(C(F)(F)C(F)(F)F)cc1. The summed E-state index contributed by atoms with van der Waals surface area (Å²) in [5.41, 5.74) is 1.39. The average molecular weight is 345 g/mol. The fraction of sp³-hybridized carbons (Fsp3) is 0.188. The second-order valence-corrected chi connectivity index (χ2v) is 5.09. The van der Waals surface area contributed by atoms with Gasteiger partial charge in [0.05, 0.1) is 0 Å². The van der Waals surface area contributed by atoms with Crippen LogP contribution in [0.15, 0.2) is 54.6 Å². The Bertz CT molecular complexity index is 728. The smallest absolute Gasteiger partial charge is 0.372 e. The molecule has 2 aromatic rings. The Balaban J connectivity index is 2.51. The molecule has 0 fully saturated rings. The number of aliphatic hydroxyl groups is 1. The van der Waals surface area contributed by atoms with Crippen molar-refractivity contribution < 1.29 is 31.9 Å². The highest BCUT2D eigenvalue weighted by atomic mass is 19.4. The van der Waals surface area contributed by atoms with Crippen LogP contribution in [0.3, 0.4) is 0 Å². The van der Waals surface area contributed by atoms with Crippen LogP contribution in [0.25, 0.3) is 0 Å². The molecule has 2 aromatic carbocycles. The molecule has 0 saturated carbocycles. The van der Waals surface area contributed by atoms with E-state index in [1.807, 2.05) is 0 Å². The van der Waals surface area contributed by atoms with Crippen LogP contribution in [0.5, 0.6) is 0 Å². The molecule has 3 N–H and O–H groups in total. The minimum absolute atomic E-state index is 0.0628. The van der Waals surface area contributed by atoms with Crippen molar-refractivity contribution in [3.8, 4) is 0 Å². The first-order valence-electron chi connectivity index (χ1n) is 6.64. The van der Waals surface area contributed by atoms with E-state index in [0.29, 0.717) is 12.1 Å². The molecule has 24 heavy (non-hydrogen) atoms. The Hall–Kier alpha value is -2.48. The molecule has 3 nitrogen and oxygen atoms in total. The second-order valence-electron chi connectivity index (χ2n) is 5.09. The number of rotatable bonds is 4. The predicted octanol–water partition coefficient (Wildman–Crippen LogP) is 3.06. The van der Waals surface area contributed by atoms with Crippen LogP contribution < -0.4 is 5.73 Å². The van der Waals surface area contributed by atoms with Gasteiger partial charge in [0, 0.05) is 5.56 Å². The van der Waals surface area contributed by atoms with Gasteiger partial charge in [0.15, 0.2) is 5.60 Å². The number of carbonyl (C=O) groups excluding carboxylic acids is 1. The molecule has 0 aliphatic rings. The fourth-order valence-electron chi connectivity index (χ4n) is 2.21. The van der Waals surface area contributed by atoms with Gasteiger partial charge in [-0.15, -0.1) is 0 Å². The molecule has 2 rings (SSSR count). The summed E-state index contributed by atoms with van der Waals surface area (Å²) >= 11 is 0.